The average molecular weight is 330 g/mol. The molecule has 1 aromatic rings. The summed E-state index contributed by atoms with van der Waals surface area (Å²) in [6, 6.07) is 6.84. The van der Waals surface area contributed by atoms with E-state index in [-0.39, 0.29) is 5.71 Å². The highest BCUT2D eigenvalue weighted by atomic mass is 79.9. The van der Waals surface area contributed by atoms with Crippen molar-refractivity contribution in [2.75, 3.05) is 7.05 Å². The van der Waals surface area contributed by atoms with Crippen molar-refractivity contribution >= 4 is 44.9 Å². The molecule has 1 heterocycles. The lowest BCUT2D eigenvalue weighted by Gasteiger charge is -2.19. The van der Waals surface area contributed by atoms with Crippen molar-refractivity contribution < 1.29 is 9.59 Å². The minimum Gasteiger partial charge on any atom is -0.291 e. The Bertz CT molecular complexity index is 573. The molecule has 1 aromatic carbocycles. The predicted molar refractivity (Wildman–Crippen MR) is 72.9 cm³/mol. The van der Waals surface area contributed by atoms with Crippen LogP contribution in [0.5, 0.6) is 0 Å². The SMILES string of the molecule is CC1=NN(C)C(=O)C1(Cl)C(=O)c1ccccc1Br. The fourth-order valence-electron chi connectivity index (χ4n) is 1.81. The molecule has 6 heteroatoms. The number of Topliss-reactive ketones (excluding diaryl/α,β-unsaturated/α-hetero) is 1. The van der Waals surface area contributed by atoms with Gasteiger partial charge in [-0.3, -0.25) is 9.59 Å². The van der Waals surface area contributed by atoms with Gasteiger partial charge in [-0.05, 0) is 13.0 Å². The van der Waals surface area contributed by atoms with Crippen molar-refractivity contribution in [3.63, 3.8) is 0 Å². The summed E-state index contributed by atoms with van der Waals surface area (Å²) in [4.78, 5) is 22.7. The number of carbonyl (C=O) groups excluding carboxylic acids is 2. The number of alkyl halides is 1. The molecule has 0 spiro atoms. The lowest BCUT2D eigenvalue weighted by molar-refractivity contribution is -0.128. The number of halogens is 2. The Balaban J connectivity index is 2.50. The zero-order valence-electron chi connectivity index (χ0n) is 9.78. The van der Waals surface area contributed by atoms with Crippen LogP contribution >= 0.6 is 27.5 Å². The summed E-state index contributed by atoms with van der Waals surface area (Å²) < 4.78 is 0.602. The minimum absolute atomic E-state index is 0.289. The fourth-order valence-corrected chi connectivity index (χ4v) is 2.54. The van der Waals surface area contributed by atoms with Gasteiger partial charge in [-0.2, -0.15) is 5.10 Å². The number of hydrogen-bond acceptors (Lipinski definition) is 3. The van der Waals surface area contributed by atoms with E-state index in [4.69, 9.17) is 11.6 Å². The van der Waals surface area contributed by atoms with Crippen LogP contribution in [0.3, 0.4) is 0 Å². The number of hydrogen-bond donors (Lipinski definition) is 0. The molecule has 1 amide bonds. The molecule has 0 aliphatic carbocycles. The Hall–Kier alpha value is -1.20. The Kier molecular flexibility index (Phi) is 3.29. The topological polar surface area (TPSA) is 49.7 Å². The molecule has 0 radical (unpaired) electrons. The van der Waals surface area contributed by atoms with E-state index in [2.05, 4.69) is 21.0 Å². The number of nitrogens with zero attached hydrogens (tertiary/aromatic N) is 2. The van der Waals surface area contributed by atoms with E-state index in [1.807, 2.05) is 0 Å². The van der Waals surface area contributed by atoms with Gasteiger partial charge < -0.3 is 0 Å². The number of rotatable bonds is 2. The summed E-state index contributed by atoms with van der Waals surface area (Å²) in [5.41, 5.74) is 0.656. The van der Waals surface area contributed by atoms with E-state index in [0.29, 0.717) is 10.0 Å². The van der Waals surface area contributed by atoms with Crippen LogP contribution < -0.4 is 0 Å². The summed E-state index contributed by atoms with van der Waals surface area (Å²) in [6.07, 6.45) is 0. The molecule has 1 unspecified atom stereocenters. The Morgan fingerprint density at radius 2 is 2.06 bits per heavy atom. The molecule has 94 valence electrons. The molecule has 4 nitrogen and oxygen atoms in total. The maximum absolute atomic E-state index is 12.5. The van der Waals surface area contributed by atoms with Crippen molar-refractivity contribution in [1.29, 1.82) is 0 Å². The van der Waals surface area contributed by atoms with Crippen molar-refractivity contribution in [2.24, 2.45) is 5.10 Å². The summed E-state index contributed by atoms with van der Waals surface area (Å²) in [6.45, 7) is 1.57. The standard InChI is InChI=1S/C12H10BrClN2O2/c1-7-12(14,11(18)16(2)15-7)10(17)8-5-3-4-6-9(8)13/h3-6H,1-2H3. The molecule has 1 aliphatic heterocycles. The predicted octanol–water partition coefficient (Wildman–Crippen LogP) is 2.46. The van der Waals surface area contributed by atoms with Crippen molar-refractivity contribution in [3.05, 3.63) is 34.3 Å². The smallest absolute Gasteiger partial charge is 0.277 e. The first-order valence-electron chi connectivity index (χ1n) is 5.21. The lowest BCUT2D eigenvalue weighted by Crippen LogP contribution is -2.47. The first-order chi connectivity index (χ1) is 8.39. The molecular formula is C12H10BrClN2O2. The van der Waals surface area contributed by atoms with Crippen LogP contribution in [-0.2, 0) is 4.79 Å². The molecule has 18 heavy (non-hydrogen) atoms. The van der Waals surface area contributed by atoms with Crippen LogP contribution in [0.1, 0.15) is 17.3 Å². The van der Waals surface area contributed by atoms with Crippen LogP contribution in [0.15, 0.2) is 33.8 Å². The monoisotopic (exact) mass is 328 g/mol. The van der Waals surface area contributed by atoms with Gasteiger partial charge in [0.15, 0.2) is 5.78 Å². The van der Waals surface area contributed by atoms with Crippen molar-refractivity contribution in [1.82, 2.24) is 5.01 Å². The van der Waals surface area contributed by atoms with Gasteiger partial charge in [-0.15, -0.1) is 0 Å². The molecule has 0 N–H and O–H groups in total. The third kappa shape index (κ3) is 1.78. The number of carbonyl (C=O) groups is 2. The normalized spacial score (nSPS) is 23.2. The second-order valence-electron chi connectivity index (χ2n) is 3.98. The minimum atomic E-state index is -1.72. The van der Waals surface area contributed by atoms with E-state index < -0.39 is 16.6 Å². The molecule has 2 rings (SSSR count). The highest BCUT2D eigenvalue weighted by Crippen LogP contribution is 2.32. The van der Waals surface area contributed by atoms with E-state index in [0.717, 1.165) is 5.01 Å². The summed E-state index contributed by atoms with van der Waals surface area (Å²) >= 11 is 9.51. The molecular weight excluding hydrogens is 320 g/mol. The van der Waals surface area contributed by atoms with E-state index in [9.17, 15) is 9.59 Å². The first kappa shape index (κ1) is 13.2. The molecule has 0 aromatic heterocycles. The zero-order chi connectivity index (χ0) is 13.5. The number of ketones is 1. The van der Waals surface area contributed by atoms with Gasteiger partial charge in [0.05, 0.1) is 5.71 Å². The summed E-state index contributed by atoms with van der Waals surface area (Å²) in [5.74, 6) is -0.991. The Labute approximate surface area is 118 Å². The van der Waals surface area contributed by atoms with Crippen LogP contribution in [0.2, 0.25) is 0 Å². The maximum Gasteiger partial charge on any atom is 0.277 e. The Morgan fingerprint density at radius 3 is 2.56 bits per heavy atom. The molecule has 1 aliphatic rings. The van der Waals surface area contributed by atoms with Crippen LogP contribution in [-0.4, -0.2) is 34.3 Å². The van der Waals surface area contributed by atoms with Gasteiger partial charge in [0.2, 0.25) is 4.87 Å². The number of hydrazone groups is 1. The average Bonchev–Trinajstić information content (AvgIpc) is 2.54. The van der Waals surface area contributed by atoms with Crippen LogP contribution in [0.25, 0.3) is 0 Å². The van der Waals surface area contributed by atoms with Gasteiger partial charge in [0.1, 0.15) is 0 Å². The van der Waals surface area contributed by atoms with Gasteiger partial charge in [0.25, 0.3) is 5.91 Å². The van der Waals surface area contributed by atoms with E-state index in [1.54, 1.807) is 31.2 Å². The second kappa shape index (κ2) is 4.48. The van der Waals surface area contributed by atoms with Gasteiger partial charge >= 0.3 is 0 Å². The largest absolute Gasteiger partial charge is 0.291 e. The fraction of sp³-hybridized carbons (Fsp3) is 0.250. The van der Waals surface area contributed by atoms with Gasteiger partial charge in [-0.1, -0.05) is 45.7 Å². The van der Waals surface area contributed by atoms with Crippen molar-refractivity contribution in [2.45, 2.75) is 11.8 Å². The molecule has 0 saturated carbocycles. The van der Waals surface area contributed by atoms with Crippen molar-refractivity contribution in [3.8, 4) is 0 Å². The van der Waals surface area contributed by atoms with E-state index >= 15 is 0 Å². The summed E-state index contributed by atoms with van der Waals surface area (Å²) in [5, 5.41) is 5.03. The Morgan fingerprint density at radius 1 is 1.44 bits per heavy atom. The van der Waals surface area contributed by atoms with E-state index in [1.165, 1.54) is 7.05 Å². The lowest BCUT2D eigenvalue weighted by atomic mass is 9.93. The molecule has 0 fully saturated rings. The third-order valence-corrected chi connectivity index (χ3v) is 4.12. The third-order valence-electron chi connectivity index (χ3n) is 2.82. The quantitative estimate of drug-likeness (QED) is 0.475. The highest BCUT2D eigenvalue weighted by Gasteiger charge is 2.53. The van der Waals surface area contributed by atoms with Gasteiger partial charge in [0, 0.05) is 17.1 Å². The highest BCUT2D eigenvalue weighted by molar-refractivity contribution is 9.10. The zero-order valence-corrected chi connectivity index (χ0v) is 12.1. The molecule has 0 saturated heterocycles. The van der Waals surface area contributed by atoms with Crippen LogP contribution in [0.4, 0.5) is 0 Å². The molecule has 0 bridgehead atoms. The molecule has 1 atom stereocenters. The summed E-state index contributed by atoms with van der Waals surface area (Å²) in [7, 11) is 1.48. The second-order valence-corrected chi connectivity index (χ2v) is 5.40. The van der Waals surface area contributed by atoms with Gasteiger partial charge in [-0.25, -0.2) is 5.01 Å². The number of benzene rings is 1. The maximum atomic E-state index is 12.5. The number of amides is 1. The van der Waals surface area contributed by atoms with Crippen LogP contribution in [0, 0.1) is 0 Å². The first-order valence-corrected chi connectivity index (χ1v) is 6.38.